The number of carbonyl (C=O) groups is 1. The topological polar surface area (TPSA) is 46.9 Å². The van der Waals surface area contributed by atoms with E-state index in [1.165, 1.54) is 23.1 Å². The molecule has 0 saturated carbocycles. The fourth-order valence-electron chi connectivity index (χ4n) is 1.91. The maximum absolute atomic E-state index is 12.0. The third kappa shape index (κ3) is 4.65. The van der Waals surface area contributed by atoms with Crippen molar-refractivity contribution in [3.05, 3.63) is 62.1 Å². The summed E-state index contributed by atoms with van der Waals surface area (Å²) in [6, 6.07) is 17.4. The molecule has 4 nitrogen and oxygen atoms in total. The molecule has 122 valence electrons. The van der Waals surface area contributed by atoms with E-state index >= 15 is 0 Å². The van der Waals surface area contributed by atoms with Crippen LogP contribution in [0.15, 0.2) is 58.9 Å². The van der Waals surface area contributed by atoms with Crippen molar-refractivity contribution in [1.82, 2.24) is 9.78 Å². The average molecular weight is 485 g/mol. The second-order valence-electron chi connectivity index (χ2n) is 4.72. The van der Waals surface area contributed by atoms with Crippen molar-refractivity contribution in [3.63, 3.8) is 0 Å². The van der Waals surface area contributed by atoms with Gasteiger partial charge in [-0.1, -0.05) is 41.3 Å². The number of rotatable bonds is 5. The van der Waals surface area contributed by atoms with E-state index < -0.39 is 0 Å². The van der Waals surface area contributed by atoms with E-state index in [1.54, 1.807) is 4.68 Å². The van der Waals surface area contributed by atoms with Crippen molar-refractivity contribution in [2.24, 2.45) is 0 Å². The van der Waals surface area contributed by atoms with Crippen LogP contribution in [0.5, 0.6) is 0 Å². The number of hydrogen-bond donors (Lipinski definition) is 1. The summed E-state index contributed by atoms with van der Waals surface area (Å²) in [4.78, 5) is 12.0. The number of hydrogen-bond acceptors (Lipinski definition) is 5. The van der Waals surface area contributed by atoms with E-state index in [2.05, 4.69) is 33.0 Å². The van der Waals surface area contributed by atoms with Crippen LogP contribution in [0, 0.1) is 7.52 Å². The molecule has 0 aliphatic heterocycles. The maximum atomic E-state index is 12.0. The van der Waals surface area contributed by atoms with Crippen molar-refractivity contribution < 1.29 is 4.79 Å². The normalized spacial score (nSPS) is 10.5. The summed E-state index contributed by atoms with van der Waals surface area (Å²) < 4.78 is 4.30. The molecule has 0 aliphatic rings. The molecular formula is C16H12IN3OS3. The van der Waals surface area contributed by atoms with Gasteiger partial charge in [0.05, 0.1) is 11.4 Å². The predicted octanol–water partition coefficient (Wildman–Crippen LogP) is 5.00. The van der Waals surface area contributed by atoms with Crippen molar-refractivity contribution in [2.75, 3.05) is 11.1 Å². The van der Waals surface area contributed by atoms with Crippen molar-refractivity contribution in [2.45, 2.75) is 4.34 Å². The molecule has 8 heteroatoms. The van der Waals surface area contributed by atoms with Crippen molar-refractivity contribution in [3.8, 4) is 5.69 Å². The zero-order valence-electron chi connectivity index (χ0n) is 12.3. The van der Waals surface area contributed by atoms with Gasteiger partial charge in [0.25, 0.3) is 0 Å². The molecule has 1 aromatic heterocycles. The van der Waals surface area contributed by atoms with E-state index in [0.717, 1.165) is 19.3 Å². The molecule has 3 rings (SSSR count). The first-order chi connectivity index (χ1) is 11.6. The van der Waals surface area contributed by atoms with E-state index in [4.69, 9.17) is 12.2 Å². The third-order valence-electron chi connectivity index (χ3n) is 2.98. The zero-order chi connectivity index (χ0) is 16.9. The number of carbonyl (C=O) groups excluding carboxylic acids is 1. The molecule has 0 radical (unpaired) electrons. The van der Waals surface area contributed by atoms with E-state index in [1.807, 2.05) is 54.6 Å². The van der Waals surface area contributed by atoms with Crippen LogP contribution in [-0.2, 0) is 4.79 Å². The van der Waals surface area contributed by atoms with Crippen LogP contribution in [0.25, 0.3) is 5.69 Å². The number of benzene rings is 2. The average Bonchev–Trinajstić information content (AvgIpc) is 2.97. The summed E-state index contributed by atoms with van der Waals surface area (Å²) in [5.74, 6) is 0.233. The van der Waals surface area contributed by atoms with Crippen LogP contribution in [0.2, 0.25) is 0 Å². The highest BCUT2D eigenvalue weighted by Gasteiger charge is 2.09. The van der Waals surface area contributed by atoms with Crippen LogP contribution in [0.3, 0.4) is 0 Å². The summed E-state index contributed by atoms with van der Waals surface area (Å²) in [5.41, 5.74) is 1.72. The molecule has 0 bridgehead atoms. The van der Waals surface area contributed by atoms with Crippen molar-refractivity contribution in [1.29, 1.82) is 0 Å². The largest absolute Gasteiger partial charge is 0.325 e. The fraction of sp³-hybridized carbons (Fsp3) is 0.0625. The molecule has 0 saturated heterocycles. The lowest BCUT2D eigenvalue weighted by Gasteiger charge is -2.04. The number of anilines is 1. The predicted molar refractivity (Wildman–Crippen MR) is 111 cm³/mol. The molecule has 0 spiro atoms. The summed E-state index contributed by atoms with van der Waals surface area (Å²) in [7, 11) is 0. The van der Waals surface area contributed by atoms with Crippen LogP contribution >= 0.6 is 57.9 Å². The SMILES string of the molecule is O=C(CSc1nn(-c2ccccc2)c(=S)s1)Nc1ccc(I)cc1. The lowest BCUT2D eigenvalue weighted by atomic mass is 10.3. The molecule has 1 amide bonds. The Morgan fingerprint density at radius 2 is 1.92 bits per heavy atom. The second-order valence-corrected chi connectivity index (χ2v) is 8.82. The number of thioether (sulfide) groups is 1. The summed E-state index contributed by atoms with van der Waals surface area (Å²) in [6.07, 6.45) is 0. The van der Waals surface area contributed by atoms with Crippen molar-refractivity contribution >= 4 is 69.5 Å². The highest BCUT2D eigenvalue weighted by molar-refractivity contribution is 14.1. The number of halogens is 1. The van der Waals surface area contributed by atoms with Gasteiger partial charge in [-0.15, -0.1) is 5.10 Å². The van der Waals surface area contributed by atoms with Crippen LogP contribution in [0.4, 0.5) is 5.69 Å². The number of nitrogens with zero attached hydrogens (tertiary/aromatic N) is 2. The van der Waals surface area contributed by atoms with E-state index in [-0.39, 0.29) is 5.91 Å². The van der Waals surface area contributed by atoms with Gasteiger partial charge in [-0.25, -0.2) is 4.68 Å². The Bertz CT molecular complexity index is 891. The van der Waals surface area contributed by atoms with E-state index in [9.17, 15) is 4.79 Å². The standard InChI is InChI=1S/C16H12IN3OS3/c17-11-6-8-12(9-7-11)18-14(21)10-23-15-19-20(16(22)24-15)13-4-2-1-3-5-13/h1-9H,10H2,(H,18,21). The Morgan fingerprint density at radius 3 is 2.62 bits per heavy atom. The smallest absolute Gasteiger partial charge is 0.234 e. The van der Waals surface area contributed by atoms with E-state index in [0.29, 0.717) is 9.71 Å². The Labute approximate surface area is 166 Å². The van der Waals surface area contributed by atoms with Gasteiger partial charge in [0, 0.05) is 9.26 Å². The third-order valence-corrected chi connectivity index (χ3v) is 6.07. The summed E-state index contributed by atoms with van der Waals surface area (Å²) in [6.45, 7) is 0. The first-order valence-electron chi connectivity index (χ1n) is 6.95. The molecule has 0 aliphatic carbocycles. The van der Waals surface area contributed by atoms with Gasteiger partial charge in [0.15, 0.2) is 8.29 Å². The molecule has 3 aromatic rings. The Hall–Kier alpha value is -1.23. The zero-order valence-corrected chi connectivity index (χ0v) is 16.9. The molecule has 0 unspecified atom stereocenters. The van der Waals surface area contributed by atoms with Crippen LogP contribution in [-0.4, -0.2) is 21.4 Å². The minimum absolute atomic E-state index is 0.0615. The quantitative estimate of drug-likeness (QED) is 0.314. The minimum Gasteiger partial charge on any atom is -0.325 e. The first kappa shape index (κ1) is 17.6. The Kier molecular flexibility index (Phi) is 6.04. The summed E-state index contributed by atoms with van der Waals surface area (Å²) in [5, 5.41) is 7.36. The molecule has 1 heterocycles. The molecule has 1 N–H and O–H groups in total. The summed E-state index contributed by atoms with van der Waals surface area (Å²) >= 11 is 10.4. The van der Waals surface area contributed by atoms with Gasteiger partial charge < -0.3 is 5.32 Å². The molecule has 24 heavy (non-hydrogen) atoms. The van der Waals surface area contributed by atoms with Gasteiger partial charge in [0.1, 0.15) is 0 Å². The molecule has 2 aromatic carbocycles. The number of nitrogens with one attached hydrogen (secondary N) is 1. The van der Waals surface area contributed by atoms with Gasteiger partial charge >= 0.3 is 0 Å². The van der Waals surface area contributed by atoms with Crippen LogP contribution < -0.4 is 5.32 Å². The molecular weight excluding hydrogens is 473 g/mol. The van der Waals surface area contributed by atoms with Gasteiger partial charge in [-0.05, 0) is 71.2 Å². The van der Waals surface area contributed by atoms with Gasteiger partial charge in [-0.3, -0.25) is 4.79 Å². The number of amides is 1. The lowest BCUT2D eigenvalue weighted by molar-refractivity contribution is -0.113. The van der Waals surface area contributed by atoms with Gasteiger partial charge in [0.2, 0.25) is 5.91 Å². The monoisotopic (exact) mass is 485 g/mol. The molecule has 0 atom stereocenters. The minimum atomic E-state index is -0.0615. The number of para-hydroxylation sites is 1. The first-order valence-corrected chi connectivity index (χ1v) is 10.2. The maximum Gasteiger partial charge on any atom is 0.234 e. The Balaban J connectivity index is 1.62. The molecule has 0 fully saturated rings. The highest BCUT2D eigenvalue weighted by atomic mass is 127. The second kappa shape index (κ2) is 8.24. The van der Waals surface area contributed by atoms with Gasteiger partial charge in [-0.2, -0.15) is 0 Å². The number of aromatic nitrogens is 2. The highest BCUT2D eigenvalue weighted by Crippen LogP contribution is 2.24. The van der Waals surface area contributed by atoms with Crippen LogP contribution in [0.1, 0.15) is 0 Å². The lowest BCUT2D eigenvalue weighted by Crippen LogP contribution is -2.13. The fourth-order valence-corrected chi connectivity index (χ4v) is 4.43. The Morgan fingerprint density at radius 1 is 1.21 bits per heavy atom.